The molecule has 0 saturated heterocycles. The first-order valence-corrected chi connectivity index (χ1v) is 7.40. The number of amides is 1. The van der Waals surface area contributed by atoms with Crippen molar-refractivity contribution in [1.29, 1.82) is 0 Å². The molecule has 0 fully saturated rings. The standard InChI is InChI=1S/C18H22N2O.ClH/c1-19(2)15-9-14-18(21)20(16-10-5-3-6-11-16)17-12-7-4-8-13-17;/h3-8,10-13H,9,14-15H2,1-2H3;1H. The van der Waals surface area contributed by atoms with Crippen LogP contribution >= 0.6 is 0 Å². The van der Waals surface area contributed by atoms with Gasteiger partial charge in [-0.3, -0.25) is 9.69 Å². The van der Waals surface area contributed by atoms with E-state index in [0.717, 1.165) is 24.3 Å². The van der Waals surface area contributed by atoms with Crippen molar-refractivity contribution in [2.75, 3.05) is 25.5 Å². The first-order valence-electron chi connectivity index (χ1n) is 7.40. The minimum atomic E-state index is 0. The fourth-order valence-corrected chi connectivity index (χ4v) is 2.30. The third-order valence-corrected chi connectivity index (χ3v) is 3.35. The van der Waals surface area contributed by atoms with Crippen LogP contribution in [0.15, 0.2) is 60.7 Å². The number of anilines is 2. The van der Waals surface area contributed by atoms with Gasteiger partial charge in [0.15, 0.2) is 0 Å². The highest BCUT2D eigenvalue weighted by atomic mass is 35.5. The average Bonchev–Trinajstić information content (AvgIpc) is 2.49. The van der Waals surface area contributed by atoms with Crippen molar-refractivity contribution in [2.45, 2.75) is 12.8 Å². The van der Waals surface area contributed by atoms with Gasteiger partial charge in [-0.25, -0.2) is 0 Å². The van der Waals surface area contributed by atoms with Crippen molar-refractivity contribution in [3.05, 3.63) is 60.7 Å². The minimum absolute atomic E-state index is 0. The summed E-state index contributed by atoms with van der Waals surface area (Å²) in [5.41, 5.74) is 1.84. The highest BCUT2D eigenvalue weighted by Gasteiger charge is 2.17. The molecule has 0 unspecified atom stereocenters. The van der Waals surface area contributed by atoms with Gasteiger partial charge in [0, 0.05) is 24.2 Å². The lowest BCUT2D eigenvalue weighted by molar-refractivity contribution is -0.858. The Bertz CT molecular complexity index is 518. The SMILES string of the molecule is C[NH+](C)CCCC(=O)N(c1ccccc1)c1ccccc1.[Cl-]. The van der Waals surface area contributed by atoms with Gasteiger partial charge >= 0.3 is 0 Å². The molecule has 0 spiro atoms. The van der Waals surface area contributed by atoms with E-state index in [0.29, 0.717) is 6.42 Å². The summed E-state index contributed by atoms with van der Waals surface area (Å²) in [5.74, 6) is 0.147. The highest BCUT2D eigenvalue weighted by Crippen LogP contribution is 2.25. The predicted molar refractivity (Wildman–Crippen MR) is 86.9 cm³/mol. The van der Waals surface area contributed by atoms with E-state index >= 15 is 0 Å². The topological polar surface area (TPSA) is 24.8 Å². The second-order valence-corrected chi connectivity index (χ2v) is 5.46. The number of hydrogen-bond acceptors (Lipinski definition) is 1. The third-order valence-electron chi connectivity index (χ3n) is 3.35. The summed E-state index contributed by atoms with van der Waals surface area (Å²) < 4.78 is 0. The molecule has 2 aromatic carbocycles. The van der Waals surface area contributed by atoms with Crippen LogP contribution < -0.4 is 22.2 Å². The molecule has 0 aliphatic rings. The maximum atomic E-state index is 12.6. The molecule has 4 heteroatoms. The fourth-order valence-electron chi connectivity index (χ4n) is 2.30. The van der Waals surface area contributed by atoms with Crippen LogP contribution in [-0.2, 0) is 4.79 Å². The molecule has 0 radical (unpaired) electrons. The normalized spacial score (nSPS) is 10.1. The predicted octanol–water partition coefficient (Wildman–Crippen LogP) is -0.720. The van der Waals surface area contributed by atoms with Crippen LogP contribution in [0.4, 0.5) is 11.4 Å². The summed E-state index contributed by atoms with van der Waals surface area (Å²) >= 11 is 0. The molecule has 118 valence electrons. The molecule has 2 rings (SSSR count). The van der Waals surface area contributed by atoms with Crippen LogP contribution in [-0.4, -0.2) is 26.5 Å². The molecule has 3 nitrogen and oxygen atoms in total. The minimum Gasteiger partial charge on any atom is -1.00 e. The fraction of sp³-hybridized carbons (Fsp3) is 0.278. The van der Waals surface area contributed by atoms with Crippen molar-refractivity contribution in [2.24, 2.45) is 0 Å². The molecule has 0 aliphatic carbocycles. The van der Waals surface area contributed by atoms with Crippen molar-refractivity contribution < 1.29 is 22.1 Å². The molecule has 0 saturated carbocycles. The summed E-state index contributed by atoms with van der Waals surface area (Å²) in [4.78, 5) is 15.8. The zero-order valence-electron chi connectivity index (χ0n) is 13.1. The van der Waals surface area contributed by atoms with E-state index in [1.54, 1.807) is 0 Å². The Morgan fingerprint density at radius 3 is 1.77 bits per heavy atom. The lowest BCUT2D eigenvalue weighted by Crippen LogP contribution is -3.05. The van der Waals surface area contributed by atoms with Crippen LogP contribution in [0, 0.1) is 0 Å². The van der Waals surface area contributed by atoms with Gasteiger partial charge in [0.2, 0.25) is 5.91 Å². The number of hydrogen-bond donors (Lipinski definition) is 1. The molecule has 1 N–H and O–H groups in total. The maximum absolute atomic E-state index is 12.6. The summed E-state index contributed by atoms with van der Waals surface area (Å²) in [6.45, 7) is 1.00. The van der Waals surface area contributed by atoms with Gasteiger partial charge < -0.3 is 17.3 Å². The number of benzene rings is 2. The number of nitrogens with zero attached hydrogens (tertiary/aromatic N) is 1. The summed E-state index contributed by atoms with van der Waals surface area (Å²) in [6, 6.07) is 19.7. The van der Waals surface area contributed by atoms with Gasteiger partial charge in [-0.15, -0.1) is 0 Å². The Hall–Kier alpha value is -1.84. The van der Waals surface area contributed by atoms with Gasteiger partial charge in [0.25, 0.3) is 0 Å². The summed E-state index contributed by atoms with van der Waals surface area (Å²) in [5, 5.41) is 0. The van der Waals surface area contributed by atoms with Gasteiger partial charge in [0.1, 0.15) is 0 Å². The molecule has 0 aliphatic heterocycles. The van der Waals surface area contributed by atoms with E-state index in [9.17, 15) is 4.79 Å². The van der Waals surface area contributed by atoms with E-state index in [1.807, 2.05) is 65.6 Å². The molecule has 0 bridgehead atoms. The van der Waals surface area contributed by atoms with Crippen molar-refractivity contribution in [1.82, 2.24) is 0 Å². The number of rotatable bonds is 6. The van der Waals surface area contributed by atoms with Crippen molar-refractivity contribution in [3.63, 3.8) is 0 Å². The van der Waals surface area contributed by atoms with Crippen LogP contribution in [0.2, 0.25) is 0 Å². The van der Waals surface area contributed by atoms with Gasteiger partial charge in [-0.05, 0) is 24.3 Å². The molecule has 0 aromatic heterocycles. The first-order chi connectivity index (χ1) is 10.2. The zero-order chi connectivity index (χ0) is 15.1. The second-order valence-electron chi connectivity index (χ2n) is 5.46. The number of para-hydroxylation sites is 2. The molecule has 2 aromatic rings. The van der Waals surface area contributed by atoms with Crippen molar-refractivity contribution in [3.8, 4) is 0 Å². The summed E-state index contributed by atoms with van der Waals surface area (Å²) in [6.07, 6.45) is 1.46. The van der Waals surface area contributed by atoms with Gasteiger partial charge in [-0.1, -0.05) is 36.4 Å². The average molecular weight is 319 g/mol. The number of carbonyl (C=O) groups is 1. The third kappa shape index (κ3) is 5.17. The molecule has 1 amide bonds. The Morgan fingerprint density at radius 1 is 0.909 bits per heavy atom. The molecular weight excluding hydrogens is 296 g/mol. The molecule has 0 atom stereocenters. The number of carbonyl (C=O) groups excluding carboxylic acids is 1. The lowest BCUT2D eigenvalue weighted by Gasteiger charge is -2.23. The molecule has 0 heterocycles. The Kier molecular flexibility index (Phi) is 7.64. The second kappa shape index (κ2) is 9.23. The largest absolute Gasteiger partial charge is 1.00 e. The zero-order valence-corrected chi connectivity index (χ0v) is 13.9. The monoisotopic (exact) mass is 318 g/mol. The van der Waals surface area contributed by atoms with E-state index in [2.05, 4.69) is 14.1 Å². The van der Waals surface area contributed by atoms with Gasteiger partial charge in [-0.2, -0.15) is 0 Å². The van der Waals surface area contributed by atoms with E-state index in [4.69, 9.17) is 0 Å². The number of halogens is 1. The Morgan fingerprint density at radius 2 is 1.36 bits per heavy atom. The number of quaternary nitrogens is 1. The number of nitrogens with one attached hydrogen (secondary N) is 1. The smallest absolute Gasteiger partial charge is 0.231 e. The molecular formula is C18H23ClN2O. The van der Waals surface area contributed by atoms with Gasteiger partial charge in [0.05, 0.1) is 20.6 Å². The van der Waals surface area contributed by atoms with E-state index < -0.39 is 0 Å². The Labute approximate surface area is 139 Å². The van der Waals surface area contributed by atoms with Crippen LogP contribution in [0.25, 0.3) is 0 Å². The van der Waals surface area contributed by atoms with Crippen LogP contribution in [0.1, 0.15) is 12.8 Å². The quantitative estimate of drug-likeness (QED) is 0.747. The van der Waals surface area contributed by atoms with Crippen molar-refractivity contribution >= 4 is 17.3 Å². The van der Waals surface area contributed by atoms with E-state index in [-0.39, 0.29) is 18.3 Å². The lowest BCUT2D eigenvalue weighted by atomic mass is 10.2. The maximum Gasteiger partial charge on any atom is 0.231 e. The first kappa shape index (κ1) is 18.2. The van der Waals surface area contributed by atoms with Crippen LogP contribution in [0.3, 0.4) is 0 Å². The summed E-state index contributed by atoms with van der Waals surface area (Å²) in [7, 11) is 4.22. The van der Waals surface area contributed by atoms with Crippen LogP contribution in [0.5, 0.6) is 0 Å². The highest BCUT2D eigenvalue weighted by molar-refractivity contribution is 6.00. The van der Waals surface area contributed by atoms with E-state index in [1.165, 1.54) is 4.90 Å². The Balaban J connectivity index is 0.00000242. The molecule has 22 heavy (non-hydrogen) atoms.